The Morgan fingerprint density at radius 3 is 2.48 bits per heavy atom. The Bertz CT molecular complexity index is 1230. The second-order valence-electron chi connectivity index (χ2n) is 9.09. The van der Waals surface area contributed by atoms with E-state index in [1.807, 2.05) is 46.8 Å². The van der Waals surface area contributed by atoms with Crippen LogP contribution in [0.1, 0.15) is 55.5 Å². The van der Waals surface area contributed by atoms with Crippen molar-refractivity contribution in [3.63, 3.8) is 0 Å². The van der Waals surface area contributed by atoms with Crippen LogP contribution in [0.4, 0.5) is 0 Å². The van der Waals surface area contributed by atoms with Gasteiger partial charge in [-0.15, -0.1) is 0 Å². The number of H-pyrrole nitrogens is 2. The molecule has 3 aromatic rings. The van der Waals surface area contributed by atoms with Gasteiger partial charge in [0.2, 0.25) is 0 Å². The number of benzene rings is 2. The summed E-state index contributed by atoms with van der Waals surface area (Å²) in [6.07, 6.45) is 0.653. The highest BCUT2D eigenvalue weighted by molar-refractivity contribution is 5.94. The zero-order chi connectivity index (χ0) is 22.5. The molecule has 2 aromatic carbocycles. The van der Waals surface area contributed by atoms with E-state index in [-0.39, 0.29) is 5.69 Å². The third-order valence-electron chi connectivity index (χ3n) is 5.68. The van der Waals surface area contributed by atoms with Gasteiger partial charge in [-0.25, -0.2) is 9.59 Å². The van der Waals surface area contributed by atoms with E-state index in [1.165, 1.54) is 0 Å². The summed E-state index contributed by atoms with van der Waals surface area (Å²) in [7, 11) is 0. The smallest absolute Gasteiger partial charge is 0.337 e. The summed E-state index contributed by atoms with van der Waals surface area (Å²) < 4.78 is 11.8. The number of aliphatic carboxylic acids is 1. The maximum atomic E-state index is 12.4. The Balaban J connectivity index is 2.05. The summed E-state index contributed by atoms with van der Waals surface area (Å²) >= 11 is 0. The maximum absolute atomic E-state index is 12.4. The lowest BCUT2D eigenvalue weighted by Crippen LogP contribution is -2.28. The standard InChI is InChI=1S/C24H28N2O5/c1-12-17(15-8-9-16-14(11-15)7-6-10-30-16)18(21(22(27)28)31-24(3,4)5)13(2)20-19(12)25-23(29)26-20/h8-9,11,21H,6-7,10H2,1-5H3,(H,27,28)(H2,25,26,29). The first-order valence-electron chi connectivity index (χ1n) is 10.5. The molecule has 0 spiro atoms. The molecule has 2 heterocycles. The van der Waals surface area contributed by atoms with E-state index in [4.69, 9.17) is 9.47 Å². The molecule has 4 rings (SSSR count). The van der Waals surface area contributed by atoms with Crippen LogP contribution >= 0.6 is 0 Å². The van der Waals surface area contributed by atoms with E-state index >= 15 is 0 Å². The van der Waals surface area contributed by atoms with Gasteiger partial charge in [0, 0.05) is 5.56 Å². The zero-order valence-electron chi connectivity index (χ0n) is 18.5. The van der Waals surface area contributed by atoms with Crippen LogP contribution in [0.5, 0.6) is 5.75 Å². The third kappa shape index (κ3) is 3.85. The number of aromatic amines is 2. The summed E-state index contributed by atoms with van der Waals surface area (Å²) in [6.45, 7) is 9.92. The fraction of sp³-hybridized carbons (Fsp3) is 0.417. The van der Waals surface area contributed by atoms with Gasteiger partial charge in [-0.05, 0) is 87.4 Å². The average molecular weight is 424 g/mol. The molecule has 0 fully saturated rings. The summed E-state index contributed by atoms with van der Waals surface area (Å²) in [6, 6.07) is 5.95. The number of carboxylic acids is 1. The van der Waals surface area contributed by atoms with Crippen LogP contribution < -0.4 is 10.4 Å². The highest BCUT2D eigenvalue weighted by Crippen LogP contribution is 2.42. The predicted molar refractivity (Wildman–Crippen MR) is 119 cm³/mol. The van der Waals surface area contributed by atoms with Gasteiger partial charge in [0.05, 0.1) is 23.2 Å². The molecule has 1 atom stereocenters. The molecule has 7 nitrogen and oxygen atoms in total. The van der Waals surface area contributed by atoms with Crippen LogP contribution in [0.25, 0.3) is 22.2 Å². The number of hydrogen-bond donors (Lipinski definition) is 3. The molecule has 1 aromatic heterocycles. The molecule has 0 radical (unpaired) electrons. The Morgan fingerprint density at radius 1 is 1.16 bits per heavy atom. The minimum atomic E-state index is -1.19. The number of aromatic nitrogens is 2. The van der Waals surface area contributed by atoms with Gasteiger partial charge in [-0.3, -0.25) is 0 Å². The quantitative estimate of drug-likeness (QED) is 0.576. The number of ether oxygens (including phenoxy) is 2. The number of aryl methyl sites for hydroxylation is 3. The fourth-order valence-corrected chi connectivity index (χ4v) is 4.40. The molecule has 7 heteroatoms. The van der Waals surface area contributed by atoms with Crippen LogP contribution in [0.2, 0.25) is 0 Å². The van der Waals surface area contributed by atoms with Gasteiger partial charge in [0.1, 0.15) is 5.75 Å². The zero-order valence-corrected chi connectivity index (χ0v) is 18.5. The molecule has 1 unspecified atom stereocenters. The van der Waals surface area contributed by atoms with Crippen LogP contribution in [-0.4, -0.2) is 33.3 Å². The van der Waals surface area contributed by atoms with E-state index in [0.717, 1.165) is 40.8 Å². The maximum Gasteiger partial charge on any atom is 0.337 e. The Labute approximate surface area is 180 Å². The first-order chi connectivity index (χ1) is 14.6. The number of hydrogen-bond acceptors (Lipinski definition) is 4. The highest BCUT2D eigenvalue weighted by Gasteiger charge is 2.33. The van der Waals surface area contributed by atoms with Crippen molar-refractivity contribution in [1.29, 1.82) is 0 Å². The van der Waals surface area contributed by atoms with Crippen molar-refractivity contribution < 1.29 is 19.4 Å². The molecule has 0 bridgehead atoms. The Morgan fingerprint density at radius 2 is 1.84 bits per heavy atom. The van der Waals surface area contributed by atoms with Gasteiger partial charge in [0.15, 0.2) is 6.10 Å². The predicted octanol–water partition coefficient (Wildman–Crippen LogP) is 4.41. The van der Waals surface area contributed by atoms with E-state index < -0.39 is 17.7 Å². The normalized spacial score (nSPS) is 14.9. The lowest BCUT2D eigenvalue weighted by Gasteiger charge is -2.29. The van der Waals surface area contributed by atoms with Crippen molar-refractivity contribution in [3.8, 4) is 16.9 Å². The fourth-order valence-electron chi connectivity index (χ4n) is 4.40. The van der Waals surface area contributed by atoms with Gasteiger partial charge in [0.25, 0.3) is 0 Å². The van der Waals surface area contributed by atoms with Gasteiger partial charge in [-0.2, -0.15) is 0 Å². The average Bonchev–Trinajstić information content (AvgIpc) is 3.10. The largest absolute Gasteiger partial charge is 0.493 e. The lowest BCUT2D eigenvalue weighted by molar-refractivity contribution is -0.160. The second kappa shape index (κ2) is 7.57. The van der Waals surface area contributed by atoms with Gasteiger partial charge < -0.3 is 24.5 Å². The number of imidazole rings is 1. The van der Waals surface area contributed by atoms with E-state index in [2.05, 4.69) is 16.0 Å². The van der Waals surface area contributed by atoms with Crippen molar-refractivity contribution in [2.24, 2.45) is 0 Å². The monoisotopic (exact) mass is 424 g/mol. The molecule has 1 aliphatic heterocycles. The van der Waals surface area contributed by atoms with Gasteiger partial charge in [-0.1, -0.05) is 6.07 Å². The minimum Gasteiger partial charge on any atom is -0.493 e. The summed E-state index contributed by atoms with van der Waals surface area (Å²) in [5, 5.41) is 10.1. The number of fused-ring (bicyclic) bond motifs is 2. The summed E-state index contributed by atoms with van der Waals surface area (Å²) in [5.41, 5.74) is 5.06. The minimum absolute atomic E-state index is 0.327. The van der Waals surface area contributed by atoms with Crippen molar-refractivity contribution in [2.45, 2.75) is 59.2 Å². The van der Waals surface area contributed by atoms with E-state index in [0.29, 0.717) is 28.8 Å². The topological polar surface area (TPSA) is 104 Å². The molecule has 3 N–H and O–H groups in total. The Kier molecular flexibility index (Phi) is 5.17. The summed E-state index contributed by atoms with van der Waals surface area (Å²) in [5.74, 6) is -0.208. The third-order valence-corrected chi connectivity index (χ3v) is 5.68. The molecule has 1 aliphatic rings. The molecule has 164 valence electrons. The first kappa shape index (κ1) is 21.2. The van der Waals surface area contributed by atoms with Crippen molar-refractivity contribution in [1.82, 2.24) is 9.97 Å². The SMILES string of the molecule is Cc1c(-c2ccc3c(c2)CCCO3)c(C(OC(C)(C)C)C(=O)O)c(C)c2[nH]c(=O)[nH]c12. The highest BCUT2D eigenvalue weighted by atomic mass is 16.5. The van der Waals surface area contributed by atoms with Crippen molar-refractivity contribution in [3.05, 3.63) is 50.9 Å². The molecule has 0 saturated heterocycles. The molecule has 0 amide bonds. The number of nitrogens with one attached hydrogen (secondary N) is 2. The van der Waals surface area contributed by atoms with Crippen LogP contribution in [0.3, 0.4) is 0 Å². The first-order valence-corrected chi connectivity index (χ1v) is 10.5. The van der Waals surface area contributed by atoms with Crippen molar-refractivity contribution in [2.75, 3.05) is 6.61 Å². The van der Waals surface area contributed by atoms with Crippen LogP contribution in [0, 0.1) is 13.8 Å². The number of carbonyl (C=O) groups is 1. The van der Waals surface area contributed by atoms with E-state index in [1.54, 1.807) is 0 Å². The van der Waals surface area contributed by atoms with Crippen LogP contribution in [-0.2, 0) is 16.0 Å². The van der Waals surface area contributed by atoms with Gasteiger partial charge >= 0.3 is 11.7 Å². The molecular formula is C24H28N2O5. The molecule has 0 saturated carbocycles. The molecule has 31 heavy (non-hydrogen) atoms. The van der Waals surface area contributed by atoms with Crippen LogP contribution in [0.15, 0.2) is 23.0 Å². The second-order valence-corrected chi connectivity index (χ2v) is 9.09. The number of rotatable bonds is 4. The Hall–Kier alpha value is -3.06. The van der Waals surface area contributed by atoms with Crippen molar-refractivity contribution >= 4 is 17.0 Å². The lowest BCUT2D eigenvalue weighted by atomic mass is 9.86. The van der Waals surface area contributed by atoms with E-state index in [9.17, 15) is 14.7 Å². The molecule has 0 aliphatic carbocycles. The molecular weight excluding hydrogens is 396 g/mol. The summed E-state index contributed by atoms with van der Waals surface area (Å²) in [4.78, 5) is 30.1. The number of carboxylic acid groups (broad SMARTS) is 1.